The Morgan fingerprint density at radius 1 is 1.22 bits per heavy atom. The highest BCUT2D eigenvalue weighted by atomic mass is 32.2. The molecular formula is C14H23N5O3S. The summed E-state index contributed by atoms with van der Waals surface area (Å²) in [5.41, 5.74) is 0. The number of carbonyl (C=O) groups is 1. The number of nitrogens with zero attached hydrogens (tertiary/aromatic N) is 4. The van der Waals surface area contributed by atoms with E-state index in [0.29, 0.717) is 32.5 Å². The second kappa shape index (κ2) is 6.20. The van der Waals surface area contributed by atoms with Crippen LogP contribution in [-0.2, 0) is 27.8 Å². The zero-order valence-corrected chi connectivity index (χ0v) is 14.3. The maximum absolute atomic E-state index is 12.4. The largest absolute Gasteiger partial charge is 0.351 e. The summed E-state index contributed by atoms with van der Waals surface area (Å²) in [6.45, 7) is 3.48. The highest BCUT2D eigenvalue weighted by Gasteiger charge is 2.31. The van der Waals surface area contributed by atoms with Gasteiger partial charge >= 0.3 is 0 Å². The summed E-state index contributed by atoms with van der Waals surface area (Å²) < 4.78 is 26.5. The molecule has 3 heterocycles. The van der Waals surface area contributed by atoms with Crippen LogP contribution in [0.2, 0.25) is 0 Å². The van der Waals surface area contributed by atoms with Gasteiger partial charge < -0.3 is 9.88 Å². The molecule has 3 rings (SSSR count). The van der Waals surface area contributed by atoms with Gasteiger partial charge in [-0.15, -0.1) is 10.2 Å². The fourth-order valence-electron chi connectivity index (χ4n) is 3.35. The van der Waals surface area contributed by atoms with Gasteiger partial charge in [0.25, 0.3) is 0 Å². The summed E-state index contributed by atoms with van der Waals surface area (Å²) >= 11 is 0. The van der Waals surface area contributed by atoms with Crippen LogP contribution in [0, 0.1) is 12.8 Å². The Hall–Kier alpha value is -1.48. The maximum atomic E-state index is 12.4. The lowest BCUT2D eigenvalue weighted by atomic mass is 9.96. The molecule has 1 aromatic rings. The van der Waals surface area contributed by atoms with Gasteiger partial charge in [-0.25, -0.2) is 12.7 Å². The molecule has 0 saturated carbocycles. The van der Waals surface area contributed by atoms with Crippen molar-refractivity contribution in [1.29, 1.82) is 0 Å². The predicted octanol–water partition coefficient (Wildman–Crippen LogP) is -0.311. The van der Waals surface area contributed by atoms with Gasteiger partial charge in [-0.3, -0.25) is 4.79 Å². The van der Waals surface area contributed by atoms with Crippen LogP contribution < -0.4 is 5.32 Å². The van der Waals surface area contributed by atoms with Crippen molar-refractivity contribution < 1.29 is 13.2 Å². The monoisotopic (exact) mass is 341 g/mol. The molecular weight excluding hydrogens is 318 g/mol. The molecule has 0 bridgehead atoms. The van der Waals surface area contributed by atoms with E-state index >= 15 is 0 Å². The van der Waals surface area contributed by atoms with Crippen molar-refractivity contribution in [2.45, 2.75) is 45.2 Å². The van der Waals surface area contributed by atoms with E-state index in [1.54, 1.807) is 0 Å². The zero-order chi connectivity index (χ0) is 16.6. The number of hydrogen-bond donors (Lipinski definition) is 1. The number of aryl methyl sites for hydroxylation is 2. The van der Waals surface area contributed by atoms with E-state index < -0.39 is 10.0 Å². The third-order valence-corrected chi connectivity index (χ3v) is 6.08. The Kier molecular flexibility index (Phi) is 4.41. The van der Waals surface area contributed by atoms with Gasteiger partial charge in [0, 0.05) is 38.0 Å². The van der Waals surface area contributed by atoms with Gasteiger partial charge in [0.2, 0.25) is 15.9 Å². The van der Waals surface area contributed by atoms with E-state index in [0.717, 1.165) is 24.5 Å². The molecule has 1 amide bonds. The molecule has 9 heteroatoms. The van der Waals surface area contributed by atoms with Crippen LogP contribution in [0.25, 0.3) is 0 Å². The quantitative estimate of drug-likeness (QED) is 0.813. The minimum Gasteiger partial charge on any atom is -0.351 e. The lowest BCUT2D eigenvalue weighted by molar-refractivity contribution is -0.127. The van der Waals surface area contributed by atoms with Crippen molar-refractivity contribution in [3.8, 4) is 0 Å². The Balaban J connectivity index is 1.54. The van der Waals surface area contributed by atoms with Crippen molar-refractivity contribution in [2.24, 2.45) is 5.92 Å². The first kappa shape index (κ1) is 16.4. The summed E-state index contributed by atoms with van der Waals surface area (Å²) in [6, 6.07) is 0.0950. The molecule has 0 radical (unpaired) electrons. The lowest BCUT2D eigenvalue weighted by Gasteiger charge is -2.31. The number of carbonyl (C=O) groups excluding carboxylic acids is 1. The Morgan fingerprint density at radius 2 is 1.91 bits per heavy atom. The topological polar surface area (TPSA) is 97.2 Å². The maximum Gasteiger partial charge on any atom is 0.223 e. The van der Waals surface area contributed by atoms with E-state index in [2.05, 4.69) is 20.1 Å². The number of rotatable bonds is 3. The summed E-state index contributed by atoms with van der Waals surface area (Å²) in [5, 5.41) is 11.3. The highest BCUT2D eigenvalue weighted by molar-refractivity contribution is 7.88. The van der Waals surface area contributed by atoms with Crippen molar-refractivity contribution >= 4 is 15.9 Å². The number of amides is 1. The fraction of sp³-hybridized carbons (Fsp3) is 0.786. The molecule has 1 aromatic heterocycles. The van der Waals surface area contributed by atoms with Crippen LogP contribution in [0.15, 0.2) is 0 Å². The SMILES string of the molecule is Cc1nnc2n1C[C@H](NC(=O)C1CCN(S(C)(=O)=O)CC1)CC2. The molecule has 0 aromatic carbocycles. The van der Waals surface area contributed by atoms with Gasteiger partial charge in [0.05, 0.1) is 6.26 Å². The molecule has 0 aliphatic carbocycles. The number of piperidine rings is 1. The van der Waals surface area contributed by atoms with Crippen LogP contribution in [0.5, 0.6) is 0 Å². The molecule has 2 aliphatic rings. The molecule has 1 atom stereocenters. The molecule has 0 unspecified atom stereocenters. The molecule has 23 heavy (non-hydrogen) atoms. The first-order valence-corrected chi connectivity index (χ1v) is 9.83. The standard InChI is InChI=1S/C14H23N5O3S/c1-10-16-17-13-4-3-12(9-19(10)13)15-14(20)11-5-7-18(8-6-11)23(2,21)22/h11-12H,3-9H2,1-2H3,(H,15,20)/t12-/m1/s1. The van der Waals surface area contributed by atoms with Gasteiger partial charge in [0.1, 0.15) is 11.6 Å². The second-order valence-electron chi connectivity index (χ2n) is 6.45. The van der Waals surface area contributed by atoms with Crippen LogP contribution in [0.1, 0.15) is 30.9 Å². The number of aromatic nitrogens is 3. The van der Waals surface area contributed by atoms with Gasteiger partial charge in [0.15, 0.2) is 0 Å². The summed E-state index contributed by atoms with van der Waals surface area (Å²) in [7, 11) is -3.15. The minimum atomic E-state index is -3.15. The summed E-state index contributed by atoms with van der Waals surface area (Å²) in [6.07, 6.45) is 4.07. The second-order valence-corrected chi connectivity index (χ2v) is 8.44. The minimum absolute atomic E-state index is 0.0392. The number of sulfonamides is 1. The van der Waals surface area contributed by atoms with E-state index in [9.17, 15) is 13.2 Å². The molecule has 1 N–H and O–H groups in total. The van der Waals surface area contributed by atoms with Crippen LogP contribution in [0.3, 0.4) is 0 Å². The first-order valence-electron chi connectivity index (χ1n) is 7.99. The normalized spacial score (nSPS) is 23.5. The van der Waals surface area contributed by atoms with Crippen molar-refractivity contribution in [2.75, 3.05) is 19.3 Å². The molecule has 0 spiro atoms. The van der Waals surface area contributed by atoms with Crippen LogP contribution >= 0.6 is 0 Å². The molecule has 1 saturated heterocycles. The van der Waals surface area contributed by atoms with Gasteiger partial charge in [-0.1, -0.05) is 0 Å². The summed E-state index contributed by atoms with van der Waals surface area (Å²) in [5.74, 6) is 1.80. The predicted molar refractivity (Wildman–Crippen MR) is 84.2 cm³/mol. The summed E-state index contributed by atoms with van der Waals surface area (Å²) in [4.78, 5) is 12.4. The van der Waals surface area contributed by atoms with E-state index in [1.165, 1.54) is 10.6 Å². The molecule has 128 valence electrons. The molecule has 2 aliphatic heterocycles. The fourth-order valence-corrected chi connectivity index (χ4v) is 4.22. The number of fused-ring (bicyclic) bond motifs is 1. The van der Waals surface area contributed by atoms with Crippen LogP contribution in [0.4, 0.5) is 0 Å². The number of nitrogens with one attached hydrogen (secondary N) is 1. The lowest BCUT2D eigenvalue weighted by Crippen LogP contribution is -2.47. The third-order valence-electron chi connectivity index (χ3n) is 4.77. The molecule has 1 fully saturated rings. The zero-order valence-electron chi connectivity index (χ0n) is 13.5. The van der Waals surface area contributed by atoms with Crippen LogP contribution in [-0.4, -0.2) is 58.8 Å². The Bertz CT molecular complexity index is 691. The Labute approximate surface area is 136 Å². The average Bonchev–Trinajstić information content (AvgIpc) is 2.88. The van der Waals surface area contributed by atoms with Crippen molar-refractivity contribution in [3.05, 3.63) is 11.6 Å². The van der Waals surface area contributed by atoms with Crippen molar-refractivity contribution in [3.63, 3.8) is 0 Å². The van der Waals surface area contributed by atoms with Gasteiger partial charge in [-0.2, -0.15) is 0 Å². The highest BCUT2D eigenvalue weighted by Crippen LogP contribution is 2.21. The number of hydrogen-bond acceptors (Lipinski definition) is 5. The third kappa shape index (κ3) is 3.55. The Morgan fingerprint density at radius 3 is 2.57 bits per heavy atom. The molecule has 8 nitrogen and oxygen atoms in total. The van der Waals surface area contributed by atoms with E-state index in [4.69, 9.17) is 0 Å². The van der Waals surface area contributed by atoms with Crippen molar-refractivity contribution in [1.82, 2.24) is 24.4 Å². The smallest absolute Gasteiger partial charge is 0.223 e. The average molecular weight is 341 g/mol. The van der Waals surface area contributed by atoms with E-state index in [1.807, 2.05) is 6.92 Å². The van der Waals surface area contributed by atoms with Gasteiger partial charge in [-0.05, 0) is 26.2 Å². The first-order chi connectivity index (χ1) is 10.8. The van der Waals surface area contributed by atoms with E-state index in [-0.39, 0.29) is 17.9 Å².